The van der Waals surface area contributed by atoms with Crippen LogP contribution >= 0.6 is 10.3 Å². The molecule has 4 aromatic carbocycles. The highest BCUT2D eigenvalue weighted by molar-refractivity contribution is 8.33. The highest BCUT2D eigenvalue weighted by Gasteiger charge is 2.44. The van der Waals surface area contributed by atoms with Gasteiger partial charge in [0.15, 0.2) is 18.1 Å². The lowest BCUT2D eigenvalue weighted by Crippen LogP contribution is -2.28. The van der Waals surface area contributed by atoms with Crippen molar-refractivity contribution in [2.45, 2.75) is 72.3 Å². The summed E-state index contributed by atoms with van der Waals surface area (Å²) in [6, 6.07) is 23.3. The predicted molar refractivity (Wildman–Crippen MR) is 179 cm³/mol. The smallest absolute Gasteiger partial charge is 0.344 e. The van der Waals surface area contributed by atoms with Gasteiger partial charge in [0.2, 0.25) is 0 Å². The Morgan fingerprint density at radius 3 is 1.35 bits per heavy atom. The molecule has 0 aromatic heterocycles. The molecule has 0 aliphatic carbocycles. The first-order valence-electron chi connectivity index (χ1n) is 15.1. The third-order valence-corrected chi connectivity index (χ3v) is 11.5. The van der Waals surface area contributed by atoms with Crippen molar-refractivity contribution in [3.05, 3.63) is 109 Å². The molecule has 0 aliphatic heterocycles. The second-order valence-corrected chi connectivity index (χ2v) is 16.9. The highest BCUT2D eigenvalue weighted by atomic mass is 32.3. The quantitative estimate of drug-likeness (QED) is 0.135. The van der Waals surface area contributed by atoms with Crippen molar-refractivity contribution in [2.75, 3.05) is 13.2 Å². The number of hydrogen-bond acceptors (Lipinski definition) is 9. The van der Waals surface area contributed by atoms with Crippen molar-refractivity contribution in [1.29, 1.82) is 0 Å². The number of benzene rings is 4. The van der Waals surface area contributed by atoms with Crippen molar-refractivity contribution >= 4 is 32.4 Å². The van der Waals surface area contributed by atoms with Crippen LogP contribution in [0.5, 0.6) is 11.5 Å². The molecular formula is C36H38F2O9S2. The van der Waals surface area contributed by atoms with E-state index in [1.54, 1.807) is 102 Å². The Morgan fingerprint density at radius 1 is 0.571 bits per heavy atom. The van der Waals surface area contributed by atoms with Gasteiger partial charge in [-0.1, -0.05) is 48.5 Å². The maximum Gasteiger partial charge on any atom is 0.344 e. The molecule has 0 radical (unpaired) electrons. The number of rotatable bonds is 12. The van der Waals surface area contributed by atoms with Crippen molar-refractivity contribution in [2.24, 2.45) is 0 Å². The van der Waals surface area contributed by atoms with Gasteiger partial charge in [-0.3, -0.25) is 0 Å². The van der Waals surface area contributed by atoms with Gasteiger partial charge in [-0.25, -0.2) is 22.0 Å². The highest BCUT2D eigenvalue weighted by Crippen LogP contribution is 2.74. The molecule has 9 nitrogen and oxygen atoms in total. The summed E-state index contributed by atoms with van der Waals surface area (Å²) in [5.41, 5.74) is -1.68. The fourth-order valence-corrected chi connectivity index (χ4v) is 10.1. The molecule has 4 rings (SSSR count). The van der Waals surface area contributed by atoms with Gasteiger partial charge in [0.05, 0.1) is 0 Å². The summed E-state index contributed by atoms with van der Waals surface area (Å²) in [7, 11) is -8.95. The van der Waals surface area contributed by atoms with Crippen LogP contribution in [0.2, 0.25) is 0 Å². The third kappa shape index (κ3) is 9.37. The van der Waals surface area contributed by atoms with E-state index in [1.165, 1.54) is 18.2 Å². The van der Waals surface area contributed by atoms with Gasteiger partial charge in [0, 0.05) is 9.79 Å². The Morgan fingerprint density at radius 2 is 0.959 bits per heavy atom. The Balaban J connectivity index is 2.05. The fourth-order valence-electron chi connectivity index (χ4n) is 4.62. The van der Waals surface area contributed by atoms with Crippen LogP contribution in [0, 0.1) is 11.6 Å². The summed E-state index contributed by atoms with van der Waals surface area (Å²) in [5, 5.41) is 0. The molecule has 0 fully saturated rings. The topological polar surface area (TPSA) is 114 Å². The van der Waals surface area contributed by atoms with Crippen molar-refractivity contribution in [3.63, 3.8) is 0 Å². The molecule has 0 amide bonds. The lowest BCUT2D eigenvalue weighted by molar-refractivity contribution is -0.158. The lowest BCUT2D eigenvalue weighted by atomic mass is 10.2. The molecule has 0 aliphatic rings. The van der Waals surface area contributed by atoms with Crippen LogP contribution in [-0.4, -0.2) is 44.8 Å². The Labute approximate surface area is 286 Å². The Bertz CT molecular complexity index is 1780. The zero-order valence-corrected chi connectivity index (χ0v) is 29.5. The predicted octanol–water partition coefficient (Wildman–Crippen LogP) is 8.01. The molecule has 0 heterocycles. The molecule has 262 valence electrons. The normalized spacial score (nSPS) is 12.6. The number of halogens is 2. The van der Waals surface area contributed by atoms with Gasteiger partial charge in [0.1, 0.15) is 39.2 Å². The van der Waals surface area contributed by atoms with E-state index in [0.717, 1.165) is 18.2 Å². The van der Waals surface area contributed by atoms with Crippen molar-refractivity contribution < 1.29 is 49.4 Å². The van der Waals surface area contributed by atoms with E-state index in [-0.39, 0.29) is 26.2 Å². The average Bonchev–Trinajstić information content (AvgIpc) is 3.01. The van der Waals surface area contributed by atoms with Gasteiger partial charge in [-0.05, 0) is 100 Å². The largest absolute Gasteiger partial charge is 0.481 e. The van der Waals surface area contributed by atoms with Crippen LogP contribution in [0.25, 0.3) is 0 Å². The number of esters is 2. The maximum absolute atomic E-state index is 15.1. The van der Waals surface area contributed by atoms with Crippen molar-refractivity contribution in [1.82, 2.24) is 0 Å². The average molecular weight is 717 g/mol. The van der Waals surface area contributed by atoms with Gasteiger partial charge >= 0.3 is 22.1 Å². The van der Waals surface area contributed by atoms with Crippen molar-refractivity contribution in [3.8, 4) is 11.5 Å². The van der Waals surface area contributed by atoms with E-state index in [0.29, 0.717) is 0 Å². The minimum absolute atomic E-state index is 0.0557. The van der Waals surface area contributed by atoms with Crippen LogP contribution in [0.4, 0.5) is 8.78 Å². The van der Waals surface area contributed by atoms with Gasteiger partial charge in [-0.2, -0.15) is 8.42 Å². The summed E-state index contributed by atoms with van der Waals surface area (Å²) >= 11 is 0. The van der Waals surface area contributed by atoms with E-state index < -0.39 is 73.3 Å². The molecule has 0 atom stereocenters. The lowest BCUT2D eigenvalue weighted by Gasteiger charge is -2.40. The first-order valence-corrected chi connectivity index (χ1v) is 18.1. The first-order chi connectivity index (χ1) is 22.9. The van der Waals surface area contributed by atoms with E-state index in [9.17, 15) is 18.0 Å². The summed E-state index contributed by atoms with van der Waals surface area (Å²) in [6.45, 7) is 8.86. The summed E-state index contributed by atoms with van der Waals surface area (Å²) in [5.74, 6) is -4.38. The molecule has 0 N–H and O–H groups in total. The van der Waals surface area contributed by atoms with Gasteiger partial charge < -0.3 is 18.9 Å². The number of carbonyl (C=O) groups excluding carboxylic acids is 2. The van der Waals surface area contributed by atoms with Crippen LogP contribution in [0.3, 0.4) is 0 Å². The second-order valence-electron chi connectivity index (χ2n) is 12.6. The molecular weight excluding hydrogens is 679 g/mol. The number of carbonyl (C=O) groups is 2. The third-order valence-electron chi connectivity index (χ3n) is 6.27. The van der Waals surface area contributed by atoms with E-state index in [4.69, 9.17) is 22.6 Å². The molecule has 0 unspecified atom stereocenters. The van der Waals surface area contributed by atoms with E-state index in [2.05, 4.69) is 0 Å². The molecule has 0 bridgehead atoms. The zero-order valence-electron chi connectivity index (χ0n) is 27.9. The number of hydrogen-bond donors (Lipinski definition) is 0. The standard InChI is InChI=1S/C36H38F2O9S2/c1-35(2,3)45-31(39)23-43-29-21-14-22-30(44-24-32(40)46-36(4,5)6)34(29)48(25-15-9-7-10-16-25,26-17-11-8-12-18-26)47-49(41,42)33-27(37)19-13-20-28(33)38/h7-22H,23-24H2,1-6H3. The molecule has 49 heavy (non-hydrogen) atoms. The first kappa shape index (κ1) is 37.4. The second kappa shape index (κ2) is 15.0. The zero-order chi connectivity index (χ0) is 36.0. The van der Waals surface area contributed by atoms with Crippen LogP contribution in [0.1, 0.15) is 41.5 Å². The molecule has 0 spiro atoms. The Kier molecular flexibility index (Phi) is 11.4. The summed E-state index contributed by atoms with van der Waals surface area (Å²) in [4.78, 5) is 24.8. The monoisotopic (exact) mass is 716 g/mol. The van der Waals surface area contributed by atoms with Crippen LogP contribution < -0.4 is 9.47 Å². The van der Waals surface area contributed by atoms with Crippen LogP contribution in [-0.2, 0) is 32.8 Å². The van der Waals surface area contributed by atoms with Crippen LogP contribution in [0.15, 0.2) is 117 Å². The minimum atomic E-state index is -5.28. The van der Waals surface area contributed by atoms with Gasteiger partial charge in [0.25, 0.3) is 0 Å². The van der Waals surface area contributed by atoms with E-state index >= 15 is 8.78 Å². The van der Waals surface area contributed by atoms with E-state index in [1.807, 2.05) is 0 Å². The molecule has 4 aromatic rings. The summed E-state index contributed by atoms with van der Waals surface area (Å²) in [6.07, 6.45) is 0. The molecule has 0 saturated heterocycles. The fraction of sp³-hybridized carbons (Fsp3) is 0.278. The Hall–Kier alpha value is -4.46. The molecule has 0 saturated carbocycles. The summed E-state index contributed by atoms with van der Waals surface area (Å²) < 4.78 is 87.6. The number of ether oxygens (including phenoxy) is 4. The minimum Gasteiger partial charge on any atom is -0.481 e. The maximum atomic E-state index is 15.1. The molecule has 13 heteroatoms. The SMILES string of the molecule is CC(C)(C)OC(=O)COc1cccc(OCC(=O)OC(C)(C)C)c1S(OS(=O)(=O)c1c(F)cccc1F)(c1ccccc1)c1ccccc1. The van der Waals surface area contributed by atoms with Gasteiger partial charge in [-0.15, -0.1) is 0 Å².